The standard InChI is InChI=1S/C11H13N3O4/c1-15-7-5-4-6(8(16-2)9(7)17-3)10-13-14-11(12)18-10/h4-5H,1-3H3,(H2,12,14). The summed E-state index contributed by atoms with van der Waals surface area (Å²) in [4.78, 5) is 0. The van der Waals surface area contributed by atoms with Crippen molar-refractivity contribution in [3.63, 3.8) is 0 Å². The van der Waals surface area contributed by atoms with Crippen molar-refractivity contribution in [2.75, 3.05) is 27.1 Å². The highest BCUT2D eigenvalue weighted by atomic mass is 16.5. The first-order chi connectivity index (χ1) is 8.71. The van der Waals surface area contributed by atoms with E-state index >= 15 is 0 Å². The van der Waals surface area contributed by atoms with Gasteiger partial charge in [0, 0.05) is 0 Å². The maximum absolute atomic E-state index is 5.40. The summed E-state index contributed by atoms with van der Waals surface area (Å²) in [6, 6.07) is 3.44. The summed E-state index contributed by atoms with van der Waals surface area (Å²) in [5, 5.41) is 7.41. The molecular formula is C11H13N3O4. The molecule has 1 aromatic heterocycles. The molecule has 96 valence electrons. The van der Waals surface area contributed by atoms with Crippen LogP contribution >= 0.6 is 0 Å². The molecule has 0 amide bonds. The fourth-order valence-corrected chi connectivity index (χ4v) is 1.61. The predicted molar refractivity (Wildman–Crippen MR) is 63.8 cm³/mol. The van der Waals surface area contributed by atoms with Crippen LogP contribution in [0, 0.1) is 0 Å². The van der Waals surface area contributed by atoms with Gasteiger partial charge in [-0.1, -0.05) is 5.10 Å². The van der Waals surface area contributed by atoms with E-state index in [1.54, 1.807) is 19.2 Å². The van der Waals surface area contributed by atoms with Crippen LogP contribution in [0.15, 0.2) is 16.5 Å². The quantitative estimate of drug-likeness (QED) is 0.876. The van der Waals surface area contributed by atoms with Gasteiger partial charge in [0.05, 0.1) is 26.9 Å². The summed E-state index contributed by atoms with van der Waals surface area (Å²) in [6.45, 7) is 0. The molecule has 0 fully saturated rings. The molecular weight excluding hydrogens is 238 g/mol. The Morgan fingerprint density at radius 1 is 1.00 bits per heavy atom. The number of hydrogen-bond donors (Lipinski definition) is 1. The van der Waals surface area contributed by atoms with Gasteiger partial charge in [-0.15, -0.1) is 5.10 Å². The number of ether oxygens (including phenoxy) is 3. The number of hydrogen-bond acceptors (Lipinski definition) is 7. The molecule has 7 heteroatoms. The van der Waals surface area contributed by atoms with Crippen LogP contribution in [-0.4, -0.2) is 31.5 Å². The number of nitrogen functional groups attached to an aromatic ring is 1. The Bertz CT molecular complexity index is 553. The van der Waals surface area contributed by atoms with Gasteiger partial charge < -0.3 is 24.4 Å². The number of methoxy groups -OCH3 is 3. The molecule has 0 aliphatic rings. The van der Waals surface area contributed by atoms with Crippen molar-refractivity contribution in [1.82, 2.24) is 10.2 Å². The Balaban J connectivity index is 2.61. The van der Waals surface area contributed by atoms with E-state index in [9.17, 15) is 0 Å². The van der Waals surface area contributed by atoms with Crippen LogP contribution in [0.1, 0.15) is 0 Å². The van der Waals surface area contributed by atoms with E-state index in [1.807, 2.05) is 0 Å². The van der Waals surface area contributed by atoms with E-state index in [4.69, 9.17) is 24.4 Å². The molecule has 2 rings (SSSR count). The lowest BCUT2D eigenvalue weighted by molar-refractivity contribution is 0.324. The van der Waals surface area contributed by atoms with Crippen LogP contribution in [0.25, 0.3) is 11.5 Å². The van der Waals surface area contributed by atoms with Gasteiger partial charge >= 0.3 is 6.01 Å². The second kappa shape index (κ2) is 4.82. The van der Waals surface area contributed by atoms with E-state index < -0.39 is 0 Å². The SMILES string of the molecule is COc1ccc(-c2nnc(N)o2)c(OC)c1OC. The predicted octanol–water partition coefficient (Wildman–Crippen LogP) is 1.34. The highest BCUT2D eigenvalue weighted by Gasteiger charge is 2.20. The Kier molecular flexibility index (Phi) is 3.22. The van der Waals surface area contributed by atoms with Gasteiger partial charge in [0.25, 0.3) is 5.89 Å². The van der Waals surface area contributed by atoms with Gasteiger partial charge in [-0.2, -0.15) is 0 Å². The van der Waals surface area contributed by atoms with Crippen LogP contribution in [-0.2, 0) is 0 Å². The van der Waals surface area contributed by atoms with Gasteiger partial charge in [0.2, 0.25) is 5.75 Å². The summed E-state index contributed by atoms with van der Waals surface area (Å²) in [7, 11) is 4.58. The molecule has 0 aliphatic heterocycles. The third kappa shape index (κ3) is 1.90. The van der Waals surface area contributed by atoms with Crippen molar-refractivity contribution < 1.29 is 18.6 Å². The minimum atomic E-state index is -0.0122. The van der Waals surface area contributed by atoms with E-state index in [1.165, 1.54) is 14.2 Å². The van der Waals surface area contributed by atoms with Crippen molar-refractivity contribution in [1.29, 1.82) is 0 Å². The molecule has 0 radical (unpaired) electrons. The van der Waals surface area contributed by atoms with Gasteiger partial charge in [0.15, 0.2) is 11.5 Å². The molecule has 18 heavy (non-hydrogen) atoms. The molecule has 0 saturated carbocycles. The smallest absolute Gasteiger partial charge is 0.313 e. The van der Waals surface area contributed by atoms with Gasteiger partial charge in [-0.25, -0.2) is 0 Å². The zero-order chi connectivity index (χ0) is 13.1. The molecule has 0 atom stereocenters. The van der Waals surface area contributed by atoms with Crippen molar-refractivity contribution in [2.45, 2.75) is 0 Å². The largest absolute Gasteiger partial charge is 0.493 e. The highest BCUT2D eigenvalue weighted by Crippen LogP contribution is 2.43. The highest BCUT2D eigenvalue weighted by molar-refractivity contribution is 5.71. The summed E-state index contributed by atoms with van der Waals surface area (Å²) in [6.07, 6.45) is 0. The first kappa shape index (κ1) is 12.0. The summed E-state index contributed by atoms with van der Waals surface area (Å²) in [5.74, 6) is 1.70. The number of anilines is 1. The maximum Gasteiger partial charge on any atom is 0.313 e. The molecule has 2 N–H and O–H groups in total. The van der Waals surface area contributed by atoms with Crippen molar-refractivity contribution >= 4 is 6.01 Å². The van der Waals surface area contributed by atoms with E-state index in [-0.39, 0.29) is 11.9 Å². The first-order valence-corrected chi connectivity index (χ1v) is 5.09. The molecule has 0 unspecified atom stereocenters. The van der Waals surface area contributed by atoms with Crippen LogP contribution < -0.4 is 19.9 Å². The van der Waals surface area contributed by atoms with E-state index in [0.29, 0.717) is 22.8 Å². The van der Waals surface area contributed by atoms with Crippen molar-refractivity contribution in [3.05, 3.63) is 12.1 Å². The Labute approximate surface area is 103 Å². The fourth-order valence-electron chi connectivity index (χ4n) is 1.61. The van der Waals surface area contributed by atoms with Crippen LogP contribution in [0.4, 0.5) is 6.01 Å². The monoisotopic (exact) mass is 251 g/mol. The third-order valence-corrected chi connectivity index (χ3v) is 2.38. The zero-order valence-electron chi connectivity index (χ0n) is 10.3. The van der Waals surface area contributed by atoms with Crippen LogP contribution in [0.3, 0.4) is 0 Å². The third-order valence-electron chi connectivity index (χ3n) is 2.38. The van der Waals surface area contributed by atoms with Crippen LogP contribution in [0.2, 0.25) is 0 Å². The molecule has 0 aliphatic carbocycles. The Morgan fingerprint density at radius 2 is 1.72 bits per heavy atom. The number of aromatic nitrogens is 2. The summed E-state index contributed by atoms with van der Waals surface area (Å²) < 4.78 is 20.9. The van der Waals surface area contributed by atoms with Gasteiger partial charge in [-0.3, -0.25) is 0 Å². The Hall–Kier alpha value is -2.44. The van der Waals surface area contributed by atoms with E-state index in [2.05, 4.69) is 10.2 Å². The van der Waals surface area contributed by atoms with Crippen molar-refractivity contribution in [3.8, 4) is 28.7 Å². The number of nitrogens with zero attached hydrogens (tertiary/aromatic N) is 2. The molecule has 2 aromatic rings. The molecule has 0 bridgehead atoms. The second-order valence-electron chi connectivity index (χ2n) is 3.33. The maximum atomic E-state index is 5.40. The van der Waals surface area contributed by atoms with Crippen molar-refractivity contribution in [2.24, 2.45) is 0 Å². The van der Waals surface area contributed by atoms with E-state index in [0.717, 1.165) is 0 Å². The molecule has 7 nitrogen and oxygen atoms in total. The zero-order valence-corrected chi connectivity index (χ0v) is 10.3. The number of rotatable bonds is 4. The lowest BCUT2D eigenvalue weighted by Crippen LogP contribution is -1.97. The fraction of sp³-hybridized carbons (Fsp3) is 0.273. The molecule has 1 aromatic carbocycles. The molecule has 0 saturated heterocycles. The molecule has 1 heterocycles. The average Bonchev–Trinajstić information content (AvgIpc) is 2.83. The second-order valence-corrected chi connectivity index (χ2v) is 3.33. The normalized spacial score (nSPS) is 10.2. The Morgan fingerprint density at radius 3 is 2.22 bits per heavy atom. The lowest BCUT2D eigenvalue weighted by Gasteiger charge is -2.13. The topological polar surface area (TPSA) is 92.6 Å². The van der Waals surface area contributed by atoms with Gasteiger partial charge in [0.1, 0.15) is 0 Å². The van der Waals surface area contributed by atoms with Gasteiger partial charge in [-0.05, 0) is 12.1 Å². The summed E-state index contributed by atoms with van der Waals surface area (Å²) in [5.41, 5.74) is 5.98. The van der Waals surface area contributed by atoms with Crippen LogP contribution in [0.5, 0.6) is 17.2 Å². The minimum absolute atomic E-state index is 0.0122. The average molecular weight is 251 g/mol. The minimum Gasteiger partial charge on any atom is -0.493 e. The molecule has 0 spiro atoms. The number of nitrogens with two attached hydrogens (primary N) is 1. The summed E-state index contributed by atoms with van der Waals surface area (Å²) >= 11 is 0. The first-order valence-electron chi connectivity index (χ1n) is 5.09. The number of benzene rings is 1. The lowest BCUT2D eigenvalue weighted by atomic mass is 10.1.